The third-order valence-corrected chi connectivity index (χ3v) is 3.87. The van der Waals surface area contributed by atoms with Gasteiger partial charge in [0.25, 0.3) is 0 Å². The molecule has 0 saturated carbocycles. The molecule has 0 aliphatic carbocycles. The molecule has 1 unspecified atom stereocenters. The summed E-state index contributed by atoms with van der Waals surface area (Å²) in [5.74, 6) is 0.823. The Labute approximate surface area is 126 Å². The summed E-state index contributed by atoms with van der Waals surface area (Å²) in [6, 6.07) is 11.9. The predicted molar refractivity (Wildman–Crippen MR) is 87.1 cm³/mol. The van der Waals surface area contributed by atoms with E-state index in [2.05, 4.69) is 38.2 Å². The van der Waals surface area contributed by atoms with Crippen molar-refractivity contribution in [1.82, 2.24) is 0 Å². The van der Waals surface area contributed by atoms with Crippen molar-refractivity contribution in [1.29, 1.82) is 0 Å². The molecule has 112 valence electrons. The highest BCUT2D eigenvalue weighted by Crippen LogP contribution is 2.26. The van der Waals surface area contributed by atoms with Crippen molar-refractivity contribution >= 4 is 5.69 Å². The number of aryl methyl sites for hydroxylation is 3. The molecule has 0 aromatic heterocycles. The first-order chi connectivity index (χ1) is 10.0. The molecule has 0 radical (unpaired) electrons. The van der Waals surface area contributed by atoms with Gasteiger partial charge in [0.1, 0.15) is 5.75 Å². The Kier molecular flexibility index (Phi) is 4.86. The van der Waals surface area contributed by atoms with Crippen LogP contribution < -0.4 is 10.1 Å². The van der Waals surface area contributed by atoms with E-state index >= 15 is 0 Å². The largest absolute Gasteiger partial charge is 0.497 e. The van der Waals surface area contributed by atoms with Crippen molar-refractivity contribution in [3.63, 3.8) is 0 Å². The number of benzene rings is 2. The summed E-state index contributed by atoms with van der Waals surface area (Å²) in [6.07, 6.45) is 0. The Morgan fingerprint density at radius 3 is 2.19 bits per heavy atom. The molecule has 1 atom stereocenters. The minimum atomic E-state index is -0.113. The predicted octanol–water partition coefficient (Wildman–Crippen LogP) is 3.77. The number of hydrogen-bond donors (Lipinski definition) is 2. The van der Waals surface area contributed by atoms with E-state index in [0.29, 0.717) is 0 Å². The molecule has 2 aromatic carbocycles. The van der Waals surface area contributed by atoms with Gasteiger partial charge in [0, 0.05) is 5.69 Å². The van der Waals surface area contributed by atoms with Gasteiger partial charge in [-0.25, -0.2) is 0 Å². The van der Waals surface area contributed by atoms with E-state index < -0.39 is 0 Å². The number of methoxy groups -OCH3 is 1. The number of ether oxygens (including phenoxy) is 1. The molecule has 2 aromatic rings. The molecule has 0 aliphatic heterocycles. The Hall–Kier alpha value is -2.00. The lowest BCUT2D eigenvalue weighted by Crippen LogP contribution is -2.16. The zero-order valence-corrected chi connectivity index (χ0v) is 13.1. The Morgan fingerprint density at radius 2 is 1.62 bits per heavy atom. The molecular weight excluding hydrogens is 262 g/mol. The van der Waals surface area contributed by atoms with Crippen LogP contribution in [0.15, 0.2) is 36.4 Å². The van der Waals surface area contributed by atoms with Crippen LogP contribution in [0.1, 0.15) is 28.3 Å². The summed E-state index contributed by atoms with van der Waals surface area (Å²) in [4.78, 5) is 0. The second-order valence-corrected chi connectivity index (χ2v) is 5.40. The van der Waals surface area contributed by atoms with Crippen LogP contribution in [0, 0.1) is 20.8 Å². The van der Waals surface area contributed by atoms with Gasteiger partial charge in [-0.05, 0) is 67.3 Å². The molecule has 3 heteroatoms. The zero-order chi connectivity index (χ0) is 15.4. The van der Waals surface area contributed by atoms with Crippen molar-refractivity contribution < 1.29 is 9.84 Å². The third-order valence-electron chi connectivity index (χ3n) is 3.87. The van der Waals surface area contributed by atoms with Crippen LogP contribution in [0.4, 0.5) is 5.69 Å². The molecule has 0 amide bonds. The SMILES string of the molecule is COc1ccc(NC(CO)c2cc(C)c(C)cc2C)cc1. The average Bonchev–Trinajstić information content (AvgIpc) is 2.49. The molecule has 2 rings (SSSR count). The third kappa shape index (κ3) is 3.56. The Morgan fingerprint density at radius 1 is 1.00 bits per heavy atom. The van der Waals surface area contributed by atoms with Crippen LogP contribution >= 0.6 is 0 Å². The lowest BCUT2D eigenvalue weighted by molar-refractivity contribution is 0.276. The fraction of sp³-hybridized carbons (Fsp3) is 0.333. The van der Waals surface area contributed by atoms with E-state index in [1.807, 2.05) is 24.3 Å². The van der Waals surface area contributed by atoms with Gasteiger partial charge in [-0.3, -0.25) is 0 Å². The lowest BCUT2D eigenvalue weighted by atomic mass is 9.96. The fourth-order valence-corrected chi connectivity index (χ4v) is 2.47. The second-order valence-electron chi connectivity index (χ2n) is 5.40. The summed E-state index contributed by atoms with van der Waals surface area (Å²) < 4.78 is 5.16. The van der Waals surface area contributed by atoms with Gasteiger partial charge in [-0.2, -0.15) is 0 Å². The van der Waals surface area contributed by atoms with Crippen LogP contribution in [-0.2, 0) is 0 Å². The first kappa shape index (κ1) is 15.4. The van der Waals surface area contributed by atoms with Crippen LogP contribution in [0.3, 0.4) is 0 Å². The van der Waals surface area contributed by atoms with Crippen LogP contribution in [0.25, 0.3) is 0 Å². The van der Waals surface area contributed by atoms with Gasteiger partial charge in [0.15, 0.2) is 0 Å². The molecule has 3 nitrogen and oxygen atoms in total. The van der Waals surface area contributed by atoms with Crippen molar-refractivity contribution in [3.05, 3.63) is 58.7 Å². The molecular formula is C18H23NO2. The molecule has 21 heavy (non-hydrogen) atoms. The van der Waals surface area contributed by atoms with E-state index in [0.717, 1.165) is 17.0 Å². The first-order valence-corrected chi connectivity index (χ1v) is 7.14. The van der Waals surface area contributed by atoms with Gasteiger partial charge >= 0.3 is 0 Å². The highest BCUT2D eigenvalue weighted by atomic mass is 16.5. The number of nitrogens with one attached hydrogen (secondary N) is 1. The molecule has 2 N–H and O–H groups in total. The van der Waals surface area contributed by atoms with Gasteiger partial charge in [-0.15, -0.1) is 0 Å². The minimum Gasteiger partial charge on any atom is -0.497 e. The van der Waals surface area contributed by atoms with E-state index in [1.54, 1.807) is 7.11 Å². The van der Waals surface area contributed by atoms with Gasteiger partial charge in [-0.1, -0.05) is 12.1 Å². The molecule has 0 heterocycles. The molecule has 0 fully saturated rings. The first-order valence-electron chi connectivity index (χ1n) is 7.14. The minimum absolute atomic E-state index is 0.0510. The van der Waals surface area contributed by atoms with E-state index in [4.69, 9.17) is 4.74 Å². The van der Waals surface area contributed by atoms with Crippen molar-refractivity contribution in [2.75, 3.05) is 19.0 Å². The maximum Gasteiger partial charge on any atom is 0.119 e. The Bertz CT molecular complexity index is 605. The van der Waals surface area contributed by atoms with E-state index in [1.165, 1.54) is 16.7 Å². The summed E-state index contributed by atoms with van der Waals surface area (Å²) in [5.41, 5.74) is 5.81. The molecule has 0 saturated heterocycles. The standard InChI is InChI=1S/C18H23NO2/c1-12-9-14(3)17(10-13(12)2)18(11-20)19-15-5-7-16(21-4)8-6-15/h5-10,18-20H,11H2,1-4H3. The number of anilines is 1. The summed E-state index contributed by atoms with van der Waals surface area (Å²) >= 11 is 0. The highest BCUT2D eigenvalue weighted by Gasteiger charge is 2.14. The Balaban J connectivity index is 2.25. The zero-order valence-electron chi connectivity index (χ0n) is 13.1. The molecule has 0 bridgehead atoms. The number of aliphatic hydroxyl groups is 1. The van der Waals surface area contributed by atoms with Gasteiger partial charge < -0.3 is 15.2 Å². The summed E-state index contributed by atoms with van der Waals surface area (Å²) in [6.45, 7) is 6.34. The number of aliphatic hydroxyl groups excluding tert-OH is 1. The monoisotopic (exact) mass is 285 g/mol. The fourth-order valence-electron chi connectivity index (χ4n) is 2.47. The lowest BCUT2D eigenvalue weighted by Gasteiger charge is -2.21. The van der Waals surface area contributed by atoms with Gasteiger partial charge in [0.2, 0.25) is 0 Å². The van der Waals surface area contributed by atoms with Crippen molar-refractivity contribution in [2.45, 2.75) is 26.8 Å². The summed E-state index contributed by atoms with van der Waals surface area (Å²) in [5, 5.41) is 13.1. The van der Waals surface area contributed by atoms with Crippen molar-refractivity contribution in [2.24, 2.45) is 0 Å². The van der Waals surface area contributed by atoms with Crippen LogP contribution in [0.2, 0.25) is 0 Å². The smallest absolute Gasteiger partial charge is 0.119 e. The van der Waals surface area contributed by atoms with Gasteiger partial charge in [0.05, 0.1) is 19.8 Å². The molecule has 0 aliphatic rings. The molecule has 0 spiro atoms. The average molecular weight is 285 g/mol. The quantitative estimate of drug-likeness (QED) is 0.878. The maximum atomic E-state index is 9.74. The maximum absolute atomic E-state index is 9.74. The highest BCUT2D eigenvalue weighted by molar-refractivity contribution is 5.50. The van der Waals surface area contributed by atoms with E-state index in [-0.39, 0.29) is 12.6 Å². The normalized spacial score (nSPS) is 12.0. The number of rotatable bonds is 5. The summed E-state index contributed by atoms with van der Waals surface area (Å²) in [7, 11) is 1.65. The van der Waals surface area contributed by atoms with E-state index in [9.17, 15) is 5.11 Å². The van der Waals surface area contributed by atoms with Crippen LogP contribution in [0.5, 0.6) is 5.75 Å². The number of hydrogen-bond acceptors (Lipinski definition) is 3. The van der Waals surface area contributed by atoms with Crippen LogP contribution in [-0.4, -0.2) is 18.8 Å². The topological polar surface area (TPSA) is 41.5 Å². The van der Waals surface area contributed by atoms with Crippen molar-refractivity contribution in [3.8, 4) is 5.75 Å². The second kappa shape index (κ2) is 6.64.